The fourth-order valence-corrected chi connectivity index (χ4v) is 2.63. The summed E-state index contributed by atoms with van der Waals surface area (Å²) in [6.45, 7) is 2.08. The number of benzene rings is 2. The average molecular weight is 340 g/mol. The van der Waals surface area contributed by atoms with Crippen molar-refractivity contribution in [2.75, 3.05) is 14.2 Å². The first-order valence-corrected chi connectivity index (χ1v) is 8.23. The molecule has 0 aromatic heterocycles. The maximum atomic E-state index is 12.8. The normalized spacial score (nSPS) is 11.5. The van der Waals surface area contributed by atoms with Crippen LogP contribution in [0.2, 0.25) is 0 Å². The van der Waals surface area contributed by atoms with Gasteiger partial charge in [0.2, 0.25) is 11.8 Å². The van der Waals surface area contributed by atoms with Crippen LogP contribution >= 0.6 is 0 Å². The van der Waals surface area contributed by atoms with Crippen molar-refractivity contribution in [1.29, 1.82) is 0 Å². The lowest BCUT2D eigenvalue weighted by Crippen LogP contribution is -2.47. The minimum atomic E-state index is -0.563. The summed E-state index contributed by atoms with van der Waals surface area (Å²) < 4.78 is 5.24. The monoisotopic (exact) mass is 340 g/mol. The molecule has 0 saturated carbocycles. The van der Waals surface area contributed by atoms with Gasteiger partial charge in [-0.1, -0.05) is 42.5 Å². The van der Waals surface area contributed by atoms with E-state index >= 15 is 0 Å². The molecule has 1 atom stereocenters. The average Bonchev–Trinajstić information content (AvgIpc) is 2.65. The van der Waals surface area contributed by atoms with Crippen LogP contribution in [0.4, 0.5) is 0 Å². The van der Waals surface area contributed by atoms with Gasteiger partial charge in [-0.05, 0) is 30.2 Å². The molecule has 2 amide bonds. The number of hydrogen-bond donors (Lipinski definition) is 1. The highest BCUT2D eigenvalue weighted by molar-refractivity contribution is 5.88. The van der Waals surface area contributed by atoms with E-state index in [9.17, 15) is 9.59 Å². The van der Waals surface area contributed by atoms with E-state index in [1.165, 1.54) is 0 Å². The van der Waals surface area contributed by atoms with Crippen molar-refractivity contribution in [3.05, 3.63) is 65.7 Å². The molecule has 2 rings (SSSR count). The Hall–Kier alpha value is -2.82. The van der Waals surface area contributed by atoms with Gasteiger partial charge in [0.25, 0.3) is 0 Å². The van der Waals surface area contributed by atoms with E-state index in [1.54, 1.807) is 26.0 Å². The van der Waals surface area contributed by atoms with Crippen LogP contribution in [0.3, 0.4) is 0 Å². The molecule has 1 N–H and O–H groups in total. The SMILES string of the molecule is CNC(=O)C(C)N(Cc1cccc(OC)c1)C(=O)Cc1ccccc1. The minimum absolute atomic E-state index is 0.0925. The number of carbonyl (C=O) groups is 2. The lowest BCUT2D eigenvalue weighted by molar-refractivity contribution is -0.139. The first-order valence-electron chi connectivity index (χ1n) is 8.23. The number of likely N-dealkylation sites (N-methyl/N-ethyl adjacent to an activating group) is 1. The second kappa shape index (κ2) is 8.87. The van der Waals surface area contributed by atoms with Crippen molar-refractivity contribution in [2.45, 2.75) is 25.9 Å². The Labute approximate surface area is 148 Å². The van der Waals surface area contributed by atoms with E-state index in [2.05, 4.69) is 5.32 Å². The highest BCUT2D eigenvalue weighted by atomic mass is 16.5. The second-order valence-corrected chi connectivity index (χ2v) is 5.83. The van der Waals surface area contributed by atoms with Gasteiger partial charge in [0.1, 0.15) is 11.8 Å². The topological polar surface area (TPSA) is 58.6 Å². The van der Waals surface area contributed by atoms with Gasteiger partial charge in [0.05, 0.1) is 13.5 Å². The molecule has 0 aliphatic heterocycles. The van der Waals surface area contributed by atoms with Crippen LogP contribution in [0, 0.1) is 0 Å². The standard InChI is InChI=1S/C20H24N2O3/c1-15(20(24)21-2)22(14-17-10-7-11-18(12-17)25-3)19(23)13-16-8-5-4-6-9-16/h4-12,15H,13-14H2,1-3H3,(H,21,24). The van der Waals surface area contributed by atoms with Crippen LogP contribution in [-0.2, 0) is 22.6 Å². The lowest BCUT2D eigenvalue weighted by Gasteiger charge is -2.28. The molecule has 0 aliphatic carbocycles. The maximum absolute atomic E-state index is 12.8. The number of nitrogens with zero attached hydrogens (tertiary/aromatic N) is 1. The van der Waals surface area contributed by atoms with Crippen LogP contribution in [0.25, 0.3) is 0 Å². The number of ether oxygens (including phenoxy) is 1. The number of rotatable bonds is 7. The van der Waals surface area contributed by atoms with Crippen LogP contribution in [-0.4, -0.2) is 36.9 Å². The van der Waals surface area contributed by atoms with Gasteiger partial charge in [0.15, 0.2) is 0 Å². The fourth-order valence-electron chi connectivity index (χ4n) is 2.63. The Bertz CT molecular complexity index is 716. The van der Waals surface area contributed by atoms with Crippen molar-refractivity contribution in [3.8, 4) is 5.75 Å². The number of carbonyl (C=O) groups excluding carboxylic acids is 2. The van der Waals surface area contributed by atoms with Gasteiger partial charge >= 0.3 is 0 Å². The van der Waals surface area contributed by atoms with Crippen molar-refractivity contribution >= 4 is 11.8 Å². The Morgan fingerprint density at radius 3 is 2.40 bits per heavy atom. The molecule has 5 nitrogen and oxygen atoms in total. The van der Waals surface area contributed by atoms with Gasteiger partial charge in [-0.25, -0.2) is 0 Å². The molecule has 0 spiro atoms. The third-order valence-corrected chi connectivity index (χ3v) is 4.10. The van der Waals surface area contributed by atoms with Gasteiger partial charge in [-0.3, -0.25) is 9.59 Å². The van der Waals surface area contributed by atoms with Crippen molar-refractivity contribution in [2.24, 2.45) is 0 Å². The maximum Gasteiger partial charge on any atom is 0.242 e. The third kappa shape index (κ3) is 5.08. The Kier molecular flexibility index (Phi) is 6.57. The number of amides is 2. The predicted molar refractivity (Wildman–Crippen MR) is 97.2 cm³/mol. The van der Waals surface area contributed by atoms with Gasteiger partial charge in [-0.2, -0.15) is 0 Å². The zero-order chi connectivity index (χ0) is 18.2. The summed E-state index contributed by atoms with van der Waals surface area (Å²) >= 11 is 0. The van der Waals surface area contributed by atoms with E-state index in [1.807, 2.05) is 54.6 Å². The molecule has 5 heteroatoms. The smallest absolute Gasteiger partial charge is 0.242 e. The van der Waals surface area contributed by atoms with E-state index in [0.29, 0.717) is 6.54 Å². The molecule has 1 unspecified atom stereocenters. The van der Waals surface area contributed by atoms with E-state index in [0.717, 1.165) is 16.9 Å². The lowest BCUT2D eigenvalue weighted by atomic mass is 10.1. The fraction of sp³-hybridized carbons (Fsp3) is 0.300. The molecule has 25 heavy (non-hydrogen) atoms. The molecular weight excluding hydrogens is 316 g/mol. The van der Waals surface area contributed by atoms with Gasteiger partial charge in [0, 0.05) is 13.6 Å². The van der Waals surface area contributed by atoms with E-state index in [-0.39, 0.29) is 18.2 Å². The van der Waals surface area contributed by atoms with E-state index in [4.69, 9.17) is 4.74 Å². The van der Waals surface area contributed by atoms with Crippen molar-refractivity contribution in [1.82, 2.24) is 10.2 Å². The largest absolute Gasteiger partial charge is 0.497 e. The molecule has 0 bridgehead atoms. The van der Waals surface area contributed by atoms with E-state index < -0.39 is 6.04 Å². The first kappa shape index (κ1) is 18.5. The van der Waals surface area contributed by atoms with Crippen molar-refractivity contribution in [3.63, 3.8) is 0 Å². The number of nitrogens with one attached hydrogen (secondary N) is 1. The van der Waals surface area contributed by atoms with Gasteiger partial charge < -0.3 is 15.0 Å². The zero-order valence-electron chi connectivity index (χ0n) is 14.9. The summed E-state index contributed by atoms with van der Waals surface area (Å²) in [6, 6.07) is 16.5. The third-order valence-electron chi connectivity index (χ3n) is 4.10. The highest BCUT2D eigenvalue weighted by Crippen LogP contribution is 2.17. The molecule has 2 aromatic rings. The number of hydrogen-bond acceptors (Lipinski definition) is 3. The quantitative estimate of drug-likeness (QED) is 0.842. The summed E-state index contributed by atoms with van der Waals surface area (Å²) in [6.07, 6.45) is 0.256. The molecule has 0 saturated heterocycles. The Morgan fingerprint density at radius 2 is 1.76 bits per heavy atom. The Morgan fingerprint density at radius 1 is 1.08 bits per heavy atom. The molecule has 0 fully saturated rings. The van der Waals surface area contributed by atoms with Gasteiger partial charge in [-0.15, -0.1) is 0 Å². The molecule has 2 aromatic carbocycles. The molecule has 132 valence electrons. The predicted octanol–water partition coefficient (Wildman–Crippen LogP) is 2.40. The summed E-state index contributed by atoms with van der Waals surface area (Å²) in [4.78, 5) is 26.5. The van der Waals surface area contributed by atoms with Crippen LogP contribution < -0.4 is 10.1 Å². The van der Waals surface area contributed by atoms with Crippen LogP contribution in [0.5, 0.6) is 5.75 Å². The second-order valence-electron chi connectivity index (χ2n) is 5.83. The molecule has 0 heterocycles. The van der Waals surface area contributed by atoms with Crippen LogP contribution in [0.1, 0.15) is 18.1 Å². The summed E-state index contributed by atoms with van der Waals surface area (Å²) in [5, 5.41) is 2.61. The number of methoxy groups -OCH3 is 1. The summed E-state index contributed by atoms with van der Waals surface area (Å²) in [5.74, 6) is 0.440. The minimum Gasteiger partial charge on any atom is -0.497 e. The zero-order valence-corrected chi connectivity index (χ0v) is 14.9. The van der Waals surface area contributed by atoms with Crippen molar-refractivity contribution < 1.29 is 14.3 Å². The molecule has 0 aliphatic rings. The summed E-state index contributed by atoms with van der Waals surface area (Å²) in [7, 11) is 3.18. The van der Waals surface area contributed by atoms with Crippen LogP contribution in [0.15, 0.2) is 54.6 Å². The highest BCUT2D eigenvalue weighted by Gasteiger charge is 2.25. The summed E-state index contributed by atoms with van der Waals surface area (Å²) in [5.41, 5.74) is 1.84. The molecular formula is C20H24N2O3. The first-order chi connectivity index (χ1) is 12.0. The Balaban J connectivity index is 2.22. The molecule has 0 radical (unpaired) electrons.